The van der Waals surface area contributed by atoms with Crippen molar-refractivity contribution < 1.29 is 9.53 Å². The highest BCUT2D eigenvalue weighted by Crippen LogP contribution is 2.19. The summed E-state index contributed by atoms with van der Waals surface area (Å²) in [5.74, 6) is 1.27. The lowest BCUT2D eigenvalue weighted by Gasteiger charge is -2.23. The minimum Gasteiger partial charge on any atom is -0.471 e. The van der Waals surface area contributed by atoms with Crippen LogP contribution in [0.2, 0.25) is 0 Å². The third-order valence-corrected chi connectivity index (χ3v) is 3.24. The van der Waals surface area contributed by atoms with E-state index >= 15 is 0 Å². The van der Waals surface area contributed by atoms with Gasteiger partial charge < -0.3 is 15.0 Å². The molecule has 0 aromatic heterocycles. The lowest BCUT2D eigenvalue weighted by Crippen LogP contribution is -2.45. The monoisotopic (exact) mass is 278 g/mol. The second-order valence-electron chi connectivity index (χ2n) is 5.11. The summed E-state index contributed by atoms with van der Waals surface area (Å²) in [4.78, 5) is 13.6. The van der Waals surface area contributed by atoms with Crippen molar-refractivity contribution in [1.29, 1.82) is 0 Å². The fourth-order valence-corrected chi connectivity index (χ4v) is 1.94. The molecule has 0 radical (unpaired) electrons. The third-order valence-electron chi connectivity index (χ3n) is 3.24. The van der Waals surface area contributed by atoms with Gasteiger partial charge in [-0.25, -0.2) is 4.79 Å². The van der Waals surface area contributed by atoms with Crippen molar-refractivity contribution in [1.82, 2.24) is 10.2 Å². The Labute approximate surface area is 122 Å². The minimum atomic E-state index is -0.354. The van der Waals surface area contributed by atoms with Crippen LogP contribution in [0.25, 0.3) is 0 Å². The van der Waals surface area contributed by atoms with Crippen LogP contribution in [0.3, 0.4) is 0 Å². The molecule has 0 aliphatic carbocycles. The van der Waals surface area contributed by atoms with Gasteiger partial charge in [0.1, 0.15) is 5.75 Å². The number of carbonyl (C=O) groups is 1. The van der Waals surface area contributed by atoms with E-state index in [1.807, 2.05) is 32.9 Å². The van der Waals surface area contributed by atoms with Crippen LogP contribution >= 0.6 is 0 Å². The zero-order valence-electron chi connectivity index (χ0n) is 13.1. The summed E-state index contributed by atoms with van der Waals surface area (Å²) < 4.78 is 5.70. The average molecular weight is 278 g/mol. The van der Waals surface area contributed by atoms with E-state index in [9.17, 15) is 4.79 Å². The van der Waals surface area contributed by atoms with Crippen LogP contribution in [-0.2, 0) is 0 Å². The molecule has 1 atom stereocenters. The van der Waals surface area contributed by atoms with Crippen LogP contribution in [0, 0.1) is 0 Å². The summed E-state index contributed by atoms with van der Waals surface area (Å²) in [6.45, 7) is 11.4. The highest BCUT2D eigenvalue weighted by Gasteiger charge is 2.13. The zero-order valence-corrected chi connectivity index (χ0v) is 13.1. The van der Waals surface area contributed by atoms with Gasteiger partial charge >= 0.3 is 6.03 Å². The second kappa shape index (κ2) is 7.78. The number of amides is 2. The molecule has 0 saturated heterocycles. The summed E-state index contributed by atoms with van der Waals surface area (Å²) in [7, 11) is 0. The van der Waals surface area contributed by atoms with Crippen LogP contribution in [0.1, 0.15) is 46.1 Å². The molecule has 0 aliphatic rings. The lowest BCUT2D eigenvalue weighted by atomic mass is 10.0. The molecule has 0 heterocycles. The van der Waals surface area contributed by atoms with E-state index in [1.54, 1.807) is 4.90 Å². The Morgan fingerprint density at radius 1 is 1.15 bits per heavy atom. The summed E-state index contributed by atoms with van der Waals surface area (Å²) >= 11 is 0. The highest BCUT2D eigenvalue weighted by molar-refractivity contribution is 5.74. The number of carbonyl (C=O) groups excluding carboxylic acids is 1. The number of ether oxygens (including phenoxy) is 1. The maximum absolute atomic E-state index is 11.9. The van der Waals surface area contributed by atoms with Crippen LogP contribution < -0.4 is 10.1 Å². The van der Waals surface area contributed by atoms with Crippen molar-refractivity contribution in [3.05, 3.63) is 29.8 Å². The molecule has 1 rings (SSSR count). The molecule has 1 N–H and O–H groups in total. The average Bonchev–Trinajstić information content (AvgIpc) is 2.40. The number of benzene rings is 1. The molecule has 0 bridgehead atoms. The predicted molar refractivity (Wildman–Crippen MR) is 82.1 cm³/mol. The molecule has 1 aromatic carbocycles. The van der Waals surface area contributed by atoms with Crippen molar-refractivity contribution in [3.8, 4) is 5.75 Å². The number of hydrogen-bond donors (Lipinski definition) is 1. The topological polar surface area (TPSA) is 41.6 Å². The molecule has 0 spiro atoms. The zero-order chi connectivity index (χ0) is 15.1. The fourth-order valence-electron chi connectivity index (χ4n) is 1.94. The van der Waals surface area contributed by atoms with E-state index < -0.39 is 0 Å². The first-order valence-electron chi connectivity index (χ1n) is 7.29. The third kappa shape index (κ3) is 4.76. The molecule has 20 heavy (non-hydrogen) atoms. The molecule has 2 amide bonds. The smallest absolute Gasteiger partial charge is 0.320 e. The molecule has 1 unspecified atom stereocenters. The van der Waals surface area contributed by atoms with Gasteiger partial charge in [0.15, 0.2) is 6.23 Å². The number of nitrogens with zero attached hydrogens (tertiary/aromatic N) is 1. The number of nitrogens with one attached hydrogen (secondary N) is 1. The van der Waals surface area contributed by atoms with Crippen molar-refractivity contribution in [2.45, 2.75) is 46.8 Å². The van der Waals surface area contributed by atoms with E-state index in [4.69, 9.17) is 4.74 Å². The molecule has 1 aromatic rings. The largest absolute Gasteiger partial charge is 0.471 e. The highest BCUT2D eigenvalue weighted by atomic mass is 16.5. The molecule has 0 aliphatic heterocycles. The van der Waals surface area contributed by atoms with Gasteiger partial charge in [-0.1, -0.05) is 26.0 Å². The van der Waals surface area contributed by atoms with Crippen LogP contribution in [0.5, 0.6) is 5.75 Å². The Balaban J connectivity index is 2.53. The predicted octanol–water partition coefficient (Wildman–Crippen LogP) is 3.59. The fraction of sp³-hybridized carbons (Fsp3) is 0.562. The van der Waals surface area contributed by atoms with E-state index in [-0.39, 0.29) is 12.3 Å². The van der Waals surface area contributed by atoms with E-state index in [1.165, 1.54) is 5.56 Å². The number of hydrogen-bond acceptors (Lipinski definition) is 2. The van der Waals surface area contributed by atoms with Gasteiger partial charge in [-0.15, -0.1) is 0 Å². The number of rotatable bonds is 6. The summed E-state index contributed by atoms with van der Waals surface area (Å²) in [5, 5.41) is 2.83. The Kier molecular flexibility index (Phi) is 6.36. The summed E-state index contributed by atoms with van der Waals surface area (Å²) in [6, 6.07) is 7.89. The maximum atomic E-state index is 11.9. The van der Waals surface area contributed by atoms with Gasteiger partial charge in [-0.2, -0.15) is 0 Å². The van der Waals surface area contributed by atoms with Gasteiger partial charge in [0.2, 0.25) is 0 Å². The Morgan fingerprint density at radius 3 is 2.15 bits per heavy atom. The second-order valence-corrected chi connectivity index (χ2v) is 5.11. The normalized spacial score (nSPS) is 12.1. The summed E-state index contributed by atoms with van der Waals surface area (Å²) in [6.07, 6.45) is -0.354. The van der Waals surface area contributed by atoms with Crippen molar-refractivity contribution in [2.75, 3.05) is 13.1 Å². The Bertz CT molecular complexity index is 411. The SMILES string of the molecule is CCN(CC)C(=O)NC(C)Oc1ccc(C(C)C)cc1. The standard InChI is InChI=1S/C16H26N2O2/c1-6-18(7-2)16(19)17-13(5)20-15-10-8-14(9-11-15)12(3)4/h8-13H,6-7H2,1-5H3,(H,17,19). The Hall–Kier alpha value is -1.71. The number of urea groups is 1. The summed E-state index contributed by atoms with van der Waals surface area (Å²) in [5.41, 5.74) is 1.28. The molecule has 0 fully saturated rings. The Morgan fingerprint density at radius 2 is 1.70 bits per heavy atom. The lowest BCUT2D eigenvalue weighted by molar-refractivity contribution is 0.156. The van der Waals surface area contributed by atoms with E-state index in [0.717, 1.165) is 5.75 Å². The molecular formula is C16H26N2O2. The van der Waals surface area contributed by atoms with E-state index in [2.05, 4.69) is 31.3 Å². The molecule has 4 nitrogen and oxygen atoms in total. The molecule has 0 saturated carbocycles. The van der Waals surface area contributed by atoms with Crippen molar-refractivity contribution in [2.24, 2.45) is 0 Å². The van der Waals surface area contributed by atoms with E-state index in [0.29, 0.717) is 19.0 Å². The van der Waals surface area contributed by atoms with Gasteiger partial charge in [0.25, 0.3) is 0 Å². The van der Waals surface area contributed by atoms with Gasteiger partial charge in [0.05, 0.1) is 0 Å². The van der Waals surface area contributed by atoms with Crippen molar-refractivity contribution in [3.63, 3.8) is 0 Å². The van der Waals surface area contributed by atoms with Gasteiger partial charge in [-0.3, -0.25) is 0 Å². The first-order valence-corrected chi connectivity index (χ1v) is 7.29. The van der Waals surface area contributed by atoms with Crippen LogP contribution in [0.15, 0.2) is 24.3 Å². The maximum Gasteiger partial charge on any atom is 0.320 e. The molecule has 4 heteroatoms. The molecular weight excluding hydrogens is 252 g/mol. The first-order chi connectivity index (χ1) is 9.47. The quantitative estimate of drug-likeness (QED) is 0.808. The van der Waals surface area contributed by atoms with Gasteiger partial charge in [-0.05, 0) is 44.4 Å². The van der Waals surface area contributed by atoms with Gasteiger partial charge in [0, 0.05) is 13.1 Å². The minimum absolute atomic E-state index is 0.0960. The van der Waals surface area contributed by atoms with Crippen LogP contribution in [-0.4, -0.2) is 30.2 Å². The van der Waals surface area contributed by atoms with Crippen molar-refractivity contribution >= 4 is 6.03 Å². The molecule has 112 valence electrons. The van der Waals surface area contributed by atoms with Crippen LogP contribution in [0.4, 0.5) is 4.79 Å². The first kappa shape index (κ1) is 16.3.